The van der Waals surface area contributed by atoms with Gasteiger partial charge in [0.2, 0.25) is 0 Å². The zero-order chi connectivity index (χ0) is 20.5. The van der Waals surface area contributed by atoms with Crippen molar-refractivity contribution in [3.05, 3.63) is 88.4 Å². The molecule has 29 heavy (non-hydrogen) atoms. The summed E-state index contributed by atoms with van der Waals surface area (Å²) in [7, 11) is 1.49. The van der Waals surface area contributed by atoms with Crippen molar-refractivity contribution in [1.29, 1.82) is 0 Å². The van der Waals surface area contributed by atoms with Crippen molar-refractivity contribution in [3.63, 3.8) is 0 Å². The third-order valence-corrected chi connectivity index (χ3v) is 4.87. The monoisotopic (exact) mass is 406 g/mol. The van der Waals surface area contributed by atoms with E-state index in [-0.39, 0.29) is 5.91 Å². The molecule has 3 aromatic carbocycles. The number of benzene rings is 3. The number of ether oxygens (including phenoxy) is 1. The van der Waals surface area contributed by atoms with Crippen molar-refractivity contribution in [1.82, 2.24) is 0 Å². The molecule has 1 heterocycles. The van der Waals surface area contributed by atoms with Crippen LogP contribution in [0.1, 0.15) is 31.1 Å². The fourth-order valence-electron chi connectivity index (χ4n) is 3.16. The van der Waals surface area contributed by atoms with E-state index >= 15 is 0 Å². The van der Waals surface area contributed by atoms with Crippen molar-refractivity contribution < 1.29 is 19.1 Å². The first-order valence-corrected chi connectivity index (χ1v) is 9.10. The summed E-state index contributed by atoms with van der Waals surface area (Å²) < 4.78 is 5.08. The smallest absolute Gasteiger partial charge is 0.266 e. The zero-order valence-electron chi connectivity index (χ0n) is 15.3. The number of imide groups is 1. The number of carbonyl (C=O) groups is 3. The highest BCUT2D eigenvalue weighted by Crippen LogP contribution is 2.30. The Bertz CT molecular complexity index is 1120. The molecule has 3 aromatic rings. The first kappa shape index (κ1) is 18.7. The van der Waals surface area contributed by atoms with Crippen molar-refractivity contribution in [2.75, 3.05) is 17.3 Å². The molecular formula is C22H15ClN2O4. The van der Waals surface area contributed by atoms with Crippen LogP contribution in [0, 0.1) is 0 Å². The lowest BCUT2D eigenvalue weighted by Gasteiger charge is -2.15. The number of nitrogens with zero attached hydrogens (tertiary/aromatic N) is 1. The molecule has 3 amide bonds. The first-order valence-electron chi connectivity index (χ1n) is 8.72. The largest absolute Gasteiger partial charge is 0.495 e. The maximum atomic E-state index is 12.7. The first-order chi connectivity index (χ1) is 14.0. The Labute approximate surface area is 171 Å². The molecule has 0 fully saturated rings. The Morgan fingerprint density at radius 2 is 1.62 bits per heavy atom. The van der Waals surface area contributed by atoms with Gasteiger partial charge in [-0.15, -0.1) is 0 Å². The van der Waals surface area contributed by atoms with Crippen LogP contribution in [-0.2, 0) is 0 Å². The molecule has 6 nitrogen and oxygen atoms in total. The molecule has 0 saturated heterocycles. The van der Waals surface area contributed by atoms with E-state index in [2.05, 4.69) is 5.32 Å². The van der Waals surface area contributed by atoms with Crippen molar-refractivity contribution in [2.45, 2.75) is 0 Å². The second-order valence-corrected chi connectivity index (χ2v) is 6.75. The van der Waals surface area contributed by atoms with Gasteiger partial charge in [-0.1, -0.05) is 29.8 Å². The van der Waals surface area contributed by atoms with Crippen LogP contribution in [0.15, 0.2) is 66.7 Å². The van der Waals surface area contributed by atoms with Crippen LogP contribution in [0.4, 0.5) is 11.4 Å². The third-order valence-electron chi connectivity index (χ3n) is 4.57. The molecule has 144 valence electrons. The van der Waals surface area contributed by atoms with Crippen molar-refractivity contribution in [3.8, 4) is 5.75 Å². The highest BCUT2D eigenvalue weighted by molar-refractivity contribution is 6.34. The molecule has 0 radical (unpaired) electrons. The van der Waals surface area contributed by atoms with Crippen LogP contribution in [-0.4, -0.2) is 24.8 Å². The fourth-order valence-corrected chi connectivity index (χ4v) is 3.42. The number of halogens is 1. The fraction of sp³-hybridized carbons (Fsp3) is 0.0455. The molecule has 0 atom stereocenters. The maximum absolute atomic E-state index is 12.7. The van der Waals surface area contributed by atoms with Crippen molar-refractivity contribution in [2.24, 2.45) is 0 Å². The Morgan fingerprint density at radius 1 is 0.931 bits per heavy atom. The molecule has 0 aromatic heterocycles. The number of rotatable bonds is 4. The minimum atomic E-state index is -0.393. The molecule has 0 aliphatic carbocycles. The van der Waals surface area contributed by atoms with Crippen LogP contribution in [0.2, 0.25) is 5.02 Å². The van der Waals surface area contributed by atoms with Gasteiger partial charge in [0.25, 0.3) is 17.7 Å². The number of amides is 3. The summed E-state index contributed by atoms with van der Waals surface area (Å²) in [6, 6.07) is 17.9. The van der Waals surface area contributed by atoms with Crippen LogP contribution in [0.5, 0.6) is 5.75 Å². The van der Waals surface area contributed by atoms with Crippen molar-refractivity contribution >= 4 is 40.7 Å². The van der Waals surface area contributed by atoms with E-state index < -0.39 is 11.8 Å². The van der Waals surface area contributed by atoms with E-state index in [0.29, 0.717) is 38.8 Å². The molecule has 1 N–H and O–H groups in total. The average Bonchev–Trinajstić information content (AvgIpc) is 2.99. The number of nitrogens with one attached hydrogen (secondary N) is 1. The normalized spacial score (nSPS) is 12.7. The Morgan fingerprint density at radius 3 is 2.24 bits per heavy atom. The quantitative estimate of drug-likeness (QED) is 0.651. The van der Waals surface area contributed by atoms with E-state index in [4.69, 9.17) is 16.3 Å². The van der Waals surface area contributed by atoms with Gasteiger partial charge in [0.1, 0.15) is 5.75 Å². The lowest BCUT2D eigenvalue weighted by Crippen LogP contribution is -2.29. The summed E-state index contributed by atoms with van der Waals surface area (Å²) in [5.74, 6) is -0.697. The van der Waals surface area contributed by atoms with Gasteiger partial charge in [0, 0.05) is 11.3 Å². The maximum Gasteiger partial charge on any atom is 0.266 e. The lowest BCUT2D eigenvalue weighted by molar-refractivity contribution is 0.0925. The van der Waals surface area contributed by atoms with Gasteiger partial charge in [-0.25, -0.2) is 4.90 Å². The molecule has 7 heteroatoms. The van der Waals surface area contributed by atoms with Crippen LogP contribution in [0.3, 0.4) is 0 Å². The highest BCUT2D eigenvalue weighted by atomic mass is 35.5. The predicted molar refractivity (Wildman–Crippen MR) is 110 cm³/mol. The van der Waals surface area contributed by atoms with Gasteiger partial charge in [-0.05, 0) is 48.5 Å². The van der Waals surface area contributed by atoms with E-state index in [1.165, 1.54) is 13.2 Å². The molecular weight excluding hydrogens is 392 g/mol. The Balaban J connectivity index is 1.59. The molecule has 1 aliphatic rings. The van der Waals surface area contributed by atoms with Gasteiger partial charge in [0.15, 0.2) is 0 Å². The number of methoxy groups -OCH3 is 1. The standard InChI is InChI=1S/C22H15ClN2O4/c1-29-19-10-9-13(11-18(19)23)20(26)24-14-5-4-6-15(12-14)25-21(27)16-7-2-3-8-17(16)22(25)28/h2-12H,1H3,(H,24,26). The molecule has 1 aliphatic heterocycles. The summed E-state index contributed by atoms with van der Waals surface area (Å²) in [6.45, 7) is 0. The molecule has 0 unspecified atom stereocenters. The third kappa shape index (κ3) is 3.34. The number of anilines is 2. The summed E-state index contributed by atoms with van der Waals surface area (Å²) in [5, 5.41) is 3.07. The SMILES string of the molecule is COc1ccc(C(=O)Nc2cccc(N3C(=O)c4ccccc4C3=O)c2)cc1Cl. The zero-order valence-corrected chi connectivity index (χ0v) is 16.1. The number of hydrogen-bond acceptors (Lipinski definition) is 4. The minimum Gasteiger partial charge on any atom is -0.495 e. The minimum absolute atomic E-state index is 0.319. The van der Waals surface area contributed by atoms with Gasteiger partial charge in [-0.3, -0.25) is 14.4 Å². The van der Waals surface area contributed by atoms with E-state index in [9.17, 15) is 14.4 Å². The van der Waals surface area contributed by atoms with E-state index in [1.807, 2.05) is 0 Å². The van der Waals surface area contributed by atoms with E-state index in [0.717, 1.165) is 4.90 Å². The van der Waals surface area contributed by atoms with Gasteiger partial charge in [0.05, 0.1) is 28.9 Å². The molecule has 0 bridgehead atoms. The lowest BCUT2D eigenvalue weighted by atomic mass is 10.1. The van der Waals surface area contributed by atoms with Gasteiger partial charge >= 0.3 is 0 Å². The van der Waals surface area contributed by atoms with Crippen LogP contribution in [0.25, 0.3) is 0 Å². The number of hydrogen-bond donors (Lipinski definition) is 1. The van der Waals surface area contributed by atoms with Crippen LogP contribution < -0.4 is 15.0 Å². The topological polar surface area (TPSA) is 75.7 Å². The average molecular weight is 407 g/mol. The summed E-state index contributed by atoms with van der Waals surface area (Å²) in [4.78, 5) is 39.0. The highest BCUT2D eigenvalue weighted by Gasteiger charge is 2.36. The van der Waals surface area contributed by atoms with Crippen LogP contribution >= 0.6 is 11.6 Å². The summed E-state index contributed by atoms with van der Waals surface area (Å²) in [6.07, 6.45) is 0. The number of fused-ring (bicyclic) bond motifs is 1. The molecule has 0 saturated carbocycles. The Kier molecular flexibility index (Phi) is 4.78. The molecule has 4 rings (SSSR count). The van der Waals surface area contributed by atoms with Gasteiger partial charge in [-0.2, -0.15) is 0 Å². The van der Waals surface area contributed by atoms with E-state index in [1.54, 1.807) is 60.7 Å². The summed E-state index contributed by atoms with van der Waals surface area (Å²) >= 11 is 6.08. The number of carbonyl (C=O) groups excluding carboxylic acids is 3. The predicted octanol–water partition coefficient (Wildman–Crippen LogP) is 4.40. The second-order valence-electron chi connectivity index (χ2n) is 6.35. The summed E-state index contributed by atoms with van der Waals surface area (Å²) in [5.41, 5.74) is 1.89. The second kappa shape index (κ2) is 7.41. The molecule has 0 spiro atoms. The Hall–Kier alpha value is -3.64. The van der Waals surface area contributed by atoms with Gasteiger partial charge < -0.3 is 10.1 Å².